The van der Waals surface area contributed by atoms with Gasteiger partial charge >= 0.3 is 0 Å². The van der Waals surface area contributed by atoms with E-state index in [1.54, 1.807) is 7.11 Å². The van der Waals surface area contributed by atoms with E-state index < -0.39 is 0 Å². The Hall–Kier alpha value is -1.30. The molecule has 0 amide bonds. The summed E-state index contributed by atoms with van der Waals surface area (Å²) < 4.78 is 10.5. The minimum atomic E-state index is 0.111. The van der Waals surface area contributed by atoms with Gasteiger partial charge in [0.25, 0.3) is 0 Å². The molecule has 23 heavy (non-hydrogen) atoms. The normalized spacial score (nSPS) is 16.6. The number of aromatic nitrogens is 1. The number of piperidine rings is 1. The number of nitrogens with zero attached hydrogens (tertiary/aromatic N) is 2. The van der Waals surface area contributed by atoms with Gasteiger partial charge in [-0.25, -0.2) is 0 Å². The number of hydrogen-bond acceptors (Lipinski definition) is 5. The molecule has 1 aliphatic heterocycles. The van der Waals surface area contributed by atoms with Gasteiger partial charge < -0.3 is 14.4 Å². The second-order valence-electron chi connectivity index (χ2n) is 5.97. The molecule has 0 N–H and O–H groups in total. The Bertz CT molecular complexity index is 468. The third-order valence-electron chi connectivity index (χ3n) is 4.44. The lowest BCUT2D eigenvalue weighted by molar-refractivity contribution is 0.0532. The average molecular weight is 320 g/mol. The summed E-state index contributed by atoms with van der Waals surface area (Å²) in [5.74, 6) is 0.666. The molecule has 1 aliphatic rings. The summed E-state index contributed by atoms with van der Waals surface area (Å²) in [4.78, 5) is 18.4. The first kappa shape index (κ1) is 18.0. The maximum atomic E-state index is 11.6. The van der Waals surface area contributed by atoms with Crippen LogP contribution in [-0.2, 0) is 9.47 Å². The summed E-state index contributed by atoms with van der Waals surface area (Å²) >= 11 is 0. The molecule has 0 saturated carbocycles. The Morgan fingerprint density at radius 3 is 2.65 bits per heavy atom. The molecule has 2 heterocycles. The fraction of sp³-hybridized carbons (Fsp3) is 0.667. The molecule has 5 heteroatoms. The second-order valence-corrected chi connectivity index (χ2v) is 5.97. The largest absolute Gasteiger partial charge is 0.382 e. The maximum absolute atomic E-state index is 11.6. The highest BCUT2D eigenvalue weighted by Crippen LogP contribution is 2.27. The molecule has 0 aromatic carbocycles. The Morgan fingerprint density at radius 1 is 1.26 bits per heavy atom. The number of pyridine rings is 1. The zero-order chi connectivity index (χ0) is 16.5. The monoisotopic (exact) mass is 320 g/mol. The lowest BCUT2D eigenvalue weighted by atomic mass is 9.90. The Labute approximate surface area is 139 Å². The van der Waals surface area contributed by atoms with E-state index in [-0.39, 0.29) is 5.78 Å². The van der Waals surface area contributed by atoms with E-state index in [1.807, 2.05) is 19.2 Å². The summed E-state index contributed by atoms with van der Waals surface area (Å²) in [5.41, 5.74) is 1.84. The van der Waals surface area contributed by atoms with Gasteiger partial charge in [0, 0.05) is 26.3 Å². The number of ether oxygens (including phenoxy) is 2. The van der Waals surface area contributed by atoms with Crippen LogP contribution in [0.2, 0.25) is 0 Å². The van der Waals surface area contributed by atoms with Gasteiger partial charge in [-0.15, -0.1) is 0 Å². The molecule has 0 aliphatic carbocycles. The number of likely N-dealkylation sites (tertiary alicyclic amines) is 1. The zero-order valence-corrected chi connectivity index (χ0v) is 14.3. The standard InChI is InChI=1S/C18H28N2O3/c1-3-18(21)17-5-4-16(14-19-17)15-6-8-20(9-7-15)10-11-23-13-12-22-2/h4-5,14-15H,3,6-13H2,1-2H3. The van der Waals surface area contributed by atoms with Gasteiger partial charge in [-0.05, 0) is 43.5 Å². The molecule has 0 bridgehead atoms. The number of methoxy groups -OCH3 is 1. The molecule has 0 atom stereocenters. The number of carbonyl (C=O) groups is 1. The van der Waals surface area contributed by atoms with Crippen LogP contribution < -0.4 is 0 Å². The zero-order valence-electron chi connectivity index (χ0n) is 14.3. The first-order chi connectivity index (χ1) is 11.2. The molecule has 1 fully saturated rings. The molecule has 0 radical (unpaired) electrons. The first-order valence-electron chi connectivity index (χ1n) is 8.52. The number of rotatable bonds is 9. The van der Waals surface area contributed by atoms with Crippen LogP contribution in [0.25, 0.3) is 0 Å². The third-order valence-corrected chi connectivity index (χ3v) is 4.44. The topological polar surface area (TPSA) is 51.7 Å². The van der Waals surface area contributed by atoms with Crippen LogP contribution in [0.3, 0.4) is 0 Å². The highest BCUT2D eigenvalue weighted by molar-refractivity contribution is 5.93. The predicted molar refractivity (Wildman–Crippen MR) is 90.0 cm³/mol. The lowest BCUT2D eigenvalue weighted by Crippen LogP contribution is -2.35. The summed E-state index contributed by atoms with van der Waals surface area (Å²) in [6, 6.07) is 3.95. The summed E-state index contributed by atoms with van der Waals surface area (Å²) in [6.45, 7) is 7.13. The van der Waals surface area contributed by atoms with E-state index >= 15 is 0 Å². The van der Waals surface area contributed by atoms with Gasteiger partial charge in [-0.3, -0.25) is 9.78 Å². The van der Waals surface area contributed by atoms with Crippen molar-refractivity contribution in [3.8, 4) is 0 Å². The van der Waals surface area contributed by atoms with Crippen LogP contribution in [-0.4, -0.2) is 62.2 Å². The van der Waals surface area contributed by atoms with E-state index in [0.717, 1.165) is 39.1 Å². The van der Waals surface area contributed by atoms with E-state index in [4.69, 9.17) is 9.47 Å². The lowest BCUT2D eigenvalue weighted by Gasteiger charge is -2.31. The Balaban J connectivity index is 1.72. The maximum Gasteiger partial charge on any atom is 0.180 e. The Morgan fingerprint density at radius 2 is 2.04 bits per heavy atom. The molecule has 1 saturated heterocycles. The smallest absolute Gasteiger partial charge is 0.180 e. The fourth-order valence-corrected chi connectivity index (χ4v) is 2.92. The van der Waals surface area contributed by atoms with Gasteiger partial charge in [0.2, 0.25) is 0 Å². The summed E-state index contributed by atoms with van der Waals surface area (Å²) in [6.07, 6.45) is 4.68. The van der Waals surface area contributed by atoms with Crippen LogP contribution in [0.1, 0.15) is 48.2 Å². The van der Waals surface area contributed by atoms with Crippen molar-refractivity contribution in [2.24, 2.45) is 0 Å². The molecule has 2 rings (SSSR count). The van der Waals surface area contributed by atoms with Crippen molar-refractivity contribution in [3.63, 3.8) is 0 Å². The van der Waals surface area contributed by atoms with Gasteiger partial charge in [0.05, 0.1) is 19.8 Å². The number of Topliss-reactive ketones (excluding diaryl/α,β-unsaturated/α-hetero) is 1. The molecule has 5 nitrogen and oxygen atoms in total. The van der Waals surface area contributed by atoms with Gasteiger partial charge in [-0.2, -0.15) is 0 Å². The highest BCUT2D eigenvalue weighted by atomic mass is 16.5. The number of ketones is 1. The number of carbonyl (C=O) groups excluding carboxylic acids is 1. The van der Waals surface area contributed by atoms with Crippen LogP contribution in [0.15, 0.2) is 18.3 Å². The van der Waals surface area contributed by atoms with Crippen molar-refractivity contribution >= 4 is 5.78 Å². The fourth-order valence-electron chi connectivity index (χ4n) is 2.92. The van der Waals surface area contributed by atoms with Crippen LogP contribution in [0.4, 0.5) is 0 Å². The SMILES string of the molecule is CCC(=O)c1ccc(C2CCN(CCOCCOC)CC2)cn1. The van der Waals surface area contributed by atoms with E-state index in [9.17, 15) is 4.79 Å². The van der Waals surface area contributed by atoms with Crippen LogP contribution in [0, 0.1) is 0 Å². The molecule has 1 aromatic rings. The Kier molecular flexibility index (Phi) is 7.65. The molecular formula is C18H28N2O3. The molecule has 0 spiro atoms. The van der Waals surface area contributed by atoms with E-state index in [0.29, 0.717) is 31.2 Å². The minimum absolute atomic E-state index is 0.111. The number of hydrogen-bond donors (Lipinski definition) is 0. The van der Waals surface area contributed by atoms with E-state index in [2.05, 4.69) is 16.0 Å². The molecule has 0 unspecified atom stereocenters. The quantitative estimate of drug-likeness (QED) is 0.517. The van der Waals surface area contributed by atoms with Crippen LogP contribution >= 0.6 is 0 Å². The van der Waals surface area contributed by atoms with Gasteiger partial charge in [-0.1, -0.05) is 13.0 Å². The third kappa shape index (κ3) is 5.68. The van der Waals surface area contributed by atoms with Gasteiger partial charge in [0.1, 0.15) is 5.69 Å². The van der Waals surface area contributed by atoms with Crippen molar-refractivity contribution in [1.82, 2.24) is 9.88 Å². The molecular weight excluding hydrogens is 292 g/mol. The second kappa shape index (κ2) is 9.75. The predicted octanol–water partition coefficient (Wildman–Crippen LogP) is 2.52. The van der Waals surface area contributed by atoms with Crippen LogP contribution in [0.5, 0.6) is 0 Å². The average Bonchev–Trinajstić information content (AvgIpc) is 2.61. The molecule has 128 valence electrons. The summed E-state index contributed by atoms with van der Waals surface area (Å²) in [5, 5.41) is 0. The highest BCUT2D eigenvalue weighted by Gasteiger charge is 2.20. The van der Waals surface area contributed by atoms with E-state index in [1.165, 1.54) is 5.56 Å². The van der Waals surface area contributed by atoms with Crippen molar-refractivity contribution in [2.45, 2.75) is 32.1 Å². The van der Waals surface area contributed by atoms with Gasteiger partial charge in [0.15, 0.2) is 5.78 Å². The first-order valence-corrected chi connectivity index (χ1v) is 8.52. The van der Waals surface area contributed by atoms with Crippen molar-refractivity contribution in [1.29, 1.82) is 0 Å². The molecule has 1 aromatic heterocycles. The minimum Gasteiger partial charge on any atom is -0.382 e. The summed E-state index contributed by atoms with van der Waals surface area (Å²) in [7, 11) is 1.69. The van der Waals surface area contributed by atoms with Crippen molar-refractivity contribution < 1.29 is 14.3 Å². The van der Waals surface area contributed by atoms with Crippen molar-refractivity contribution in [3.05, 3.63) is 29.6 Å². The van der Waals surface area contributed by atoms with Crippen molar-refractivity contribution in [2.75, 3.05) is 46.6 Å².